The van der Waals surface area contributed by atoms with Gasteiger partial charge in [-0.3, -0.25) is 9.59 Å². The molecule has 2 N–H and O–H groups in total. The standard InChI is InChI=1S/C14H28N2O3/c1-6-19-13(17)9-16(8-11(4)5)14(18)12(15)7-10(2)3/h10-12H,6-9,15H2,1-5H3/t12-/m0/s1. The molecule has 1 atom stereocenters. The van der Waals surface area contributed by atoms with Gasteiger partial charge in [-0.15, -0.1) is 0 Å². The lowest BCUT2D eigenvalue weighted by Gasteiger charge is -2.27. The normalized spacial score (nSPS) is 12.6. The van der Waals surface area contributed by atoms with Crippen molar-refractivity contribution in [3.63, 3.8) is 0 Å². The van der Waals surface area contributed by atoms with Crippen molar-refractivity contribution >= 4 is 11.9 Å². The number of rotatable bonds is 8. The Morgan fingerprint density at radius 2 is 1.74 bits per heavy atom. The number of carbonyl (C=O) groups excluding carboxylic acids is 2. The van der Waals surface area contributed by atoms with Gasteiger partial charge in [-0.2, -0.15) is 0 Å². The van der Waals surface area contributed by atoms with Crippen molar-refractivity contribution in [2.45, 2.75) is 47.1 Å². The van der Waals surface area contributed by atoms with Gasteiger partial charge in [-0.05, 0) is 25.2 Å². The van der Waals surface area contributed by atoms with Crippen LogP contribution >= 0.6 is 0 Å². The van der Waals surface area contributed by atoms with E-state index in [9.17, 15) is 9.59 Å². The van der Waals surface area contributed by atoms with Crippen LogP contribution in [0.15, 0.2) is 0 Å². The van der Waals surface area contributed by atoms with E-state index in [1.165, 1.54) is 4.90 Å². The zero-order valence-corrected chi connectivity index (χ0v) is 12.8. The molecule has 1 amide bonds. The average molecular weight is 272 g/mol. The molecule has 0 aliphatic carbocycles. The molecule has 0 aromatic carbocycles. The van der Waals surface area contributed by atoms with Crippen molar-refractivity contribution in [1.29, 1.82) is 0 Å². The van der Waals surface area contributed by atoms with Crippen molar-refractivity contribution in [2.75, 3.05) is 19.7 Å². The first-order chi connectivity index (χ1) is 8.77. The van der Waals surface area contributed by atoms with Crippen molar-refractivity contribution < 1.29 is 14.3 Å². The Labute approximate surface area is 116 Å². The molecule has 0 fully saturated rings. The molecule has 0 spiro atoms. The Kier molecular flexibility index (Phi) is 8.39. The van der Waals surface area contributed by atoms with Crippen LogP contribution in [0.5, 0.6) is 0 Å². The number of ether oxygens (including phenoxy) is 1. The van der Waals surface area contributed by atoms with Crippen LogP contribution in [0, 0.1) is 11.8 Å². The highest BCUT2D eigenvalue weighted by molar-refractivity contribution is 5.85. The Balaban J connectivity index is 4.63. The molecule has 0 heterocycles. The fourth-order valence-corrected chi connectivity index (χ4v) is 1.88. The van der Waals surface area contributed by atoms with Crippen LogP contribution in [0.2, 0.25) is 0 Å². The van der Waals surface area contributed by atoms with E-state index in [0.29, 0.717) is 25.5 Å². The second-order valence-corrected chi connectivity index (χ2v) is 5.65. The maximum Gasteiger partial charge on any atom is 0.325 e. The zero-order valence-electron chi connectivity index (χ0n) is 12.8. The first-order valence-electron chi connectivity index (χ1n) is 6.97. The molecule has 19 heavy (non-hydrogen) atoms. The molecule has 0 unspecified atom stereocenters. The molecule has 0 rings (SSSR count). The van der Waals surface area contributed by atoms with E-state index in [-0.39, 0.29) is 24.3 Å². The molecule has 5 heteroatoms. The largest absolute Gasteiger partial charge is 0.465 e. The second kappa shape index (κ2) is 8.91. The van der Waals surface area contributed by atoms with E-state index in [2.05, 4.69) is 0 Å². The van der Waals surface area contributed by atoms with Gasteiger partial charge in [0, 0.05) is 6.54 Å². The van der Waals surface area contributed by atoms with Crippen LogP contribution in [0.1, 0.15) is 41.0 Å². The maximum absolute atomic E-state index is 12.2. The van der Waals surface area contributed by atoms with E-state index in [4.69, 9.17) is 10.5 Å². The SMILES string of the molecule is CCOC(=O)CN(CC(C)C)C(=O)[C@@H](N)CC(C)C. The third-order valence-corrected chi connectivity index (χ3v) is 2.57. The summed E-state index contributed by atoms with van der Waals surface area (Å²) in [6, 6.07) is -0.548. The Hall–Kier alpha value is -1.10. The number of hydrogen-bond donors (Lipinski definition) is 1. The molecular weight excluding hydrogens is 244 g/mol. The second-order valence-electron chi connectivity index (χ2n) is 5.65. The number of esters is 1. The third kappa shape index (κ3) is 7.82. The highest BCUT2D eigenvalue weighted by Crippen LogP contribution is 2.08. The van der Waals surface area contributed by atoms with E-state index in [1.807, 2.05) is 27.7 Å². The first-order valence-corrected chi connectivity index (χ1v) is 6.97. The fraction of sp³-hybridized carbons (Fsp3) is 0.857. The lowest BCUT2D eigenvalue weighted by atomic mass is 10.0. The minimum absolute atomic E-state index is 0.0172. The van der Waals surface area contributed by atoms with Gasteiger partial charge < -0.3 is 15.4 Å². The molecule has 0 aliphatic rings. The summed E-state index contributed by atoms with van der Waals surface area (Å²) in [5.74, 6) is 0.0794. The Bertz CT molecular complexity index is 290. The zero-order chi connectivity index (χ0) is 15.0. The summed E-state index contributed by atoms with van der Waals surface area (Å²) in [6.07, 6.45) is 0.621. The van der Waals surface area contributed by atoms with Crippen molar-refractivity contribution in [3.8, 4) is 0 Å². The van der Waals surface area contributed by atoms with Crippen LogP contribution < -0.4 is 5.73 Å². The van der Waals surface area contributed by atoms with Crippen LogP contribution in [0.25, 0.3) is 0 Å². The van der Waals surface area contributed by atoms with Crippen molar-refractivity contribution in [3.05, 3.63) is 0 Å². The van der Waals surface area contributed by atoms with E-state index < -0.39 is 6.04 Å². The topological polar surface area (TPSA) is 72.6 Å². The Morgan fingerprint density at radius 1 is 1.16 bits per heavy atom. The number of hydrogen-bond acceptors (Lipinski definition) is 4. The molecule has 5 nitrogen and oxygen atoms in total. The van der Waals surface area contributed by atoms with Gasteiger partial charge in [0.25, 0.3) is 0 Å². The fourth-order valence-electron chi connectivity index (χ4n) is 1.88. The smallest absolute Gasteiger partial charge is 0.325 e. The van der Waals surface area contributed by atoms with Gasteiger partial charge >= 0.3 is 5.97 Å². The maximum atomic E-state index is 12.2. The van der Waals surface area contributed by atoms with Crippen LogP contribution in [-0.4, -0.2) is 42.5 Å². The van der Waals surface area contributed by atoms with Gasteiger partial charge in [0.05, 0.1) is 12.6 Å². The van der Waals surface area contributed by atoms with Gasteiger partial charge in [-0.1, -0.05) is 27.7 Å². The summed E-state index contributed by atoms with van der Waals surface area (Å²) in [6.45, 7) is 10.6. The summed E-state index contributed by atoms with van der Waals surface area (Å²) < 4.78 is 4.89. The average Bonchev–Trinajstić information content (AvgIpc) is 2.25. The summed E-state index contributed by atoms with van der Waals surface area (Å²) in [5.41, 5.74) is 5.90. The van der Waals surface area contributed by atoms with E-state index >= 15 is 0 Å². The molecule has 0 saturated heterocycles. The summed E-state index contributed by atoms with van der Waals surface area (Å²) >= 11 is 0. The van der Waals surface area contributed by atoms with Crippen LogP contribution in [-0.2, 0) is 14.3 Å². The molecule has 0 aliphatic heterocycles. The molecule has 0 saturated carbocycles. The molecule has 112 valence electrons. The Morgan fingerprint density at radius 3 is 2.16 bits per heavy atom. The lowest BCUT2D eigenvalue weighted by molar-refractivity contribution is -0.149. The molecule has 0 aromatic rings. The number of nitrogens with zero attached hydrogens (tertiary/aromatic N) is 1. The van der Waals surface area contributed by atoms with Gasteiger partial charge in [0.2, 0.25) is 5.91 Å². The highest BCUT2D eigenvalue weighted by Gasteiger charge is 2.24. The van der Waals surface area contributed by atoms with Gasteiger partial charge in [-0.25, -0.2) is 0 Å². The van der Waals surface area contributed by atoms with Crippen molar-refractivity contribution in [1.82, 2.24) is 4.90 Å². The molecule has 0 aromatic heterocycles. The molecule has 0 radical (unpaired) electrons. The minimum Gasteiger partial charge on any atom is -0.465 e. The first kappa shape index (κ1) is 17.9. The minimum atomic E-state index is -0.548. The number of nitrogens with two attached hydrogens (primary N) is 1. The summed E-state index contributed by atoms with van der Waals surface area (Å²) in [7, 11) is 0. The van der Waals surface area contributed by atoms with Crippen LogP contribution in [0.4, 0.5) is 0 Å². The van der Waals surface area contributed by atoms with Gasteiger partial charge in [0.1, 0.15) is 6.54 Å². The predicted octanol–water partition coefficient (Wildman–Crippen LogP) is 1.41. The monoisotopic (exact) mass is 272 g/mol. The number of carbonyl (C=O) groups is 2. The quantitative estimate of drug-likeness (QED) is 0.678. The summed E-state index contributed by atoms with van der Waals surface area (Å²) in [5, 5.41) is 0. The lowest BCUT2D eigenvalue weighted by Crippen LogP contribution is -2.48. The van der Waals surface area contributed by atoms with Gasteiger partial charge in [0.15, 0.2) is 0 Å². The number of amides is 1. The van der Waals surface area contributed by atoms with Crippen molar-refractivity contribution in [2.24, 2.45) is 17.6 Å². The summed E-state index contributed by atoms with van der Waals surface area (Å²) in [4.78, 5) is 25.3. The molecular formula is C14H28N2O3. The molecule has 0 bridgehead atoms. The van der Waals surface area contributed by atoms with E-state index in [1.54, 1.807) is 6.92 Å². The predicted molar refractivity (Wildman–Crippen MR) is 75.5 cm³/mol. The van der Waals surface area contributed by atoms with E-state index in [0.717, 1.165) is 0 Å². The third-order valence-electron chi connectivity index (χ3n) is 2.57. The van der Waals surface area contributed by atoms with Crippen LogP contribution in [0.3, 0.4) is 0 Å². The highest BCUT2D eigenvalue weighted by atomic mass is 16.5.